The van der Waals surface area contributed by atoms with Crippen LogP contribution < -0.4 is 5.73 Å². The van der Waals surface area contributed by atoms with Crippen LogP contribution in [0.25, 0.3) is 11.3 Å². The number of nitrogens with zero attached hydrogens (tertiary/aromatic N) is 2. The van der Waals surface area contributed by atoms with Crippen molar-refractivity contribution in [2.45, 2.75) is 33.6 Å². The number of anilines is 1. The summed E-state index contributed by atoms with van der Waals surface area (Å²) in [6, 6.07) is 2.14. The quantitative estimate of drug-likeness (QED) is 0.883. The Hall–Kier alpha value is -1.42. The molecule has 2 rings (SSSR count). The van der Waals surface area contributed by atoms with E-state index in [-0.39, 0.29) is 5.92 Å². The van der Waals surface area contributed by atoms with Gasteiger partial charge in [-0.25, -0.2) is 9.97 Å². The van der Waals surface area contributed by atoms with E-state index in [1.807, 2.05) is 6.92 Å². The van der Waals surface area contributed by atoms with E-state index in [1.165, 1.54) is 4.88 Å². The largest absolute Gasteiger partial charge is 0.383 e. The van der Waals surface area contributed by atoms with E-state index in [0.29, 0.717) is 5.82 Å². The molecular formula is C13H17N3S. The van der Waals surface area contributed by atoms with Crippen LogP contribution in [0, 0.1) is 13.8 Å². The van der Waals surface area contributed by atoms with Crippen molar-refractivity contribution < 1.29 is 0 Å². The number of hydrogen-bond acceptors (Lipinski definition) is 4. The number of thiophene rings is 1. The molecule has 0 spiro atoms. The number of rotatable bonds is 2. The van der Waals surface area contributed by atoms with E-state index in [4.69, 9.17) is 5.73 Å². The Bertz CT molecular complexity index is 544. The summed E-state index contributed by atoms with van der Waals surface area (Å²) in [7, 11) is 0. The molecule has 2 aromatic heterocycles. The first kappa shape index (κ1) is 12.0. The fourth-order valence-electron chi connectivity index (χ4n) is 1.66. The zero-order chi connectivity index (χ0) is 12.6. The van der Waals surface area contributed by atoms with Crippen LogP contribution in [0.3, 0.4) is 0 Å². The number of aryl methyl sites for hydroxylation is 1. The van der Waals surface area contributed by atoms with Gasteiger partial charge in [0.1, 0.15) is 11.6 Å². The lowest BCUT2D eigenvalue weighted by Crippen LogP contribution is -2.05. The summed E-state index contributed by atoms with van der Waals surface area (Å²) >= 11 is 1.73. The fourth-order valence-corrected chi connectivity index (χ4v) is 2.35. The number of nitrogens with two attached hydrogens (primary N) is 1. The molecule has 0 saturated heterocycles. The molecule has 17 heavy (non-hydrogen) atoms. The van der Waals surface area contributed by atoms with Crippen molar-refractivity contribution in [3.05, 3.63) is 27.7 Å². The predicted molar refractivity (Wildman–Crippen MR) is 73.3 cm³/mol. The van der Waals surface area contributed by atoms with Gasteiger partial charge in [-0.2, -0.15) is 0 Å². The highest BCUT2D eigenvalue weighted by Crippen LogP contribution is 2.29. The summed E-state index contributed by atoms with van der Waals surface area (Å²) < 4.78 is 0. The summed E-state index contributed by atoms with van der Waals surface area (Å²) in [5.41, 5.74) is 9.02. The molecule has 0 amide bonds. The molecule has 3 nitrogen and oxygen atoms in total. The Morgan fingerprint density at radius 1 is 1.24 bits per heavy atom. The first-order valence-corrected chi connectivity index (χ1v) is 6.56. The lowest BCUT2D eigenvalue weighted by atomic mass is 10.1. The summed E-state index contributed by atoms with van der Waals surface area (Å²) in [5.74, 6) is 1.69. The van der Waals surface area contributed by atoms with Gasteiger partial charge in [0, 0.05) is 27.3 Å². The average molecular weight is 247 g/mol. The van der Waals surface area contributed by atoms with E-state index >= 15 is 0 Å². The van der Waals surface area contributed by atoms with Crippen molar-refractivity contribution in [1.29, 1.82) is 0 Å². The topological polar surface area (TPSA) is 51.8 Å². The molecule has 0 aliphatic carbocycles. The monoisotopic (exact) mass is 247 g/mol. The van der Waals surface area contributed by atoms with Crippen LogP contribution in [0.4, 0.5) is 5.82 Å². The van der Waals surface area contributed by atoms with E-state index in [9.17, 15) is 0 Å². The Balaban J connectivity index is 2.60. The van der Waals surface area contributed by atoms with Gasteiger partial charge in [-0.15, -0.1) is 11.3 Å². The molecule has 4 heteroatoms. The van der Waals surface area contributed by atoms with Crippen molar-refractivity contribution in [2.24, 2.45) is 0 Å². The fraction of sp³-hybridized carbons (Fsp3) is 0.385. The third kappa shape index (κ3) is 2.31. The summed E-state index contributed by atoms with van der Waals surface area (Å²) in [5, 5.41) is 2.12. The highest BCUT2D eigenvalue weighted by Gasteiger charge is 2.13. The molecule has 0 radical (unpaired) electrons. The molecule has 0 atom stereocenters. The predicted octanol–water partition coefficient (Wildman–Crippen LogP) is 3.53. The van der Waals surface area contributed by atoms with Gasteiger partial charge in [0.2, 0.25) is 0 Å². The molecule has 2 aromatic rings. The number of hydrogen-bond donors (Lipinski definition) is 1. The minimum absolute atomic E-state index is 0.288. The normalized spacial score (nSPS) is 11.1. The molecule has 2 N–H and O–H groups in total. The van der Waals surface area contributed by atoms with Crippen molar-refractivity contribution >= 4 is 17.2 Å². The Morgan fingerprint density at radius 2 is 1.94 bits per heavy atom. The van der Waals surface area contributed by atoms with Gasteiger partial charge in [0.15, 0.2) is 0 Å². The second-order valence-electron chi connectivity index (χ2n) is 4.54. The van der Waals surface area contributed by atoms with Gasteiger partial charge in [-0.3, -0.25) is 0 Å². The zero-order valence-corrected chi connectivity index (χ0v) is 11.4. The van der Waals surface area contributed by atoms with Crippen LogP contribution in [0.1, 0.15) is 36.0 Å². The molecule has 0 saturated carbocycles. The Morgan fingerprint density at radius 3 is 2.47 bits per heavy atom. The average Bonchev–Trinajstić information content (AvgIpc) is 2.68. The molecule has 0 unspecified atom stereocenters. The van der Waals surface area contributed by atoms with E-state index in [2.05, 4.69) is 42.2 Å². The zero-order valence-electron chi connectivity index (χ0n) is 10.6. The van der Waals surface area contributed by atoms with Crippen LogP contribution in [-0.2, 0) is 0 Å². The first-order valence-electron chi connectivity index (χ1n) is 5.68. The van der Waals surface area contributed by atoms with E-state index in [0.717, 1.165) is 22.6 Å². The minimum Gasteiger partial charge on any atom is -0.383 e. The molecule has 0 aliphatic rings. The SMILES string of the molecule is Cc1cc(-c2nc(C(C)C)nc(N)c2C)cs1. The standard InChI is InChI=1S/C13H17N3S/c1-7(2)13-15-11(9(4)12(14)16-13)10-5-8(3)17-6-10/h5-7H,1-4H3,(H2,14,15,16). The van der Waals surface area contributed by atoms with Crippen molar-refractivity contribution in [3.63, 3.8) is 0 Å². The maximum absolute atomic E-state index is 5.96. The molecule has 90 valence electrons. The van der Waals surface area contributed by atoms with Gasteiger partial charge in [-0.1, -0.05) is 13.8 Å². The van der Waals surface area contributed by atoms with Gasteiger partial charge in [-0.05, 0) is 19.9 Å². The lowest BCUT2D eigenvalue weighted by molar-refractivity contribution is 0.776. The molecule has 0 aromatic carbocycles. The molecule has 0 bridgehead atoms. The van der Waals surface area contributed by atoms with Gasteiger partial charge < -0.3 is 5.73 Å². The Kier molecular flexibility index (Phi) is 3.15. The van der Waals surface area contributed by atoms with Crippen LogP contribution in [0.2, 0.25) is 0 Å². The van der Waals surface area contributed by atoms with Crippen LogP contribution >= 0.6 is 11.3 Å². The van der Waals surface area contributed by atoms with Crippen molar-refractivity contribution in [2.75, 3.05) is 5.73 Å². The maximum atomic E-state index is 5.96. The third-order valence-electron chi connectivity index (χ3n) is 2.72. The van der Waals surface area contributed by atoms with E-state index in [1.54, 1.807) is 11.3 Å². The minimum atomic E-state index is 0.288. The molecule has 0 aliphatic heterocycles. The maximum Gasteiger partial charge on any atom is 0.133 e. The molecule has 2 heterocycles. The second-order valence-corrected chi connectivity index (χ2v) is 5.66. The van der Waals surface area contributed by atoms with Crippen molar-refractivity contribution in [3.8, 4) is 11.3 Å². The molecule has 0 fully saturated rings. The lowest BCUT2D eigenvalue weighted by Gasteiger charge is -2.10. The summed E-state index contributed by atoms with van der Waals surface area (Å²) in [6.07, 6.45) is 0. The van der Waals surface area contributed by atoms with Crippen LogP contribution in [-0.4, -0.2) is 9.97 Å². The summed E-state index contributed by atoms with van der Waals surface area (Å²) in [6.45, 7) is 8.22. The van der Waals surface area contributed by atoms with Crippen LogP contribution in [0.5, 0.6) is 0 Å². The highest BCUT2D eigenvalue weighted by molar-refractivity contribution is 7.10. The summed E-state index contributed by atoms with van der Waals surface area (Å²) in [4.78, 5) is 10.2. The Labute approximate surface area is 106 Å². The van der Waals surface area contributed by atoms with Gasteiger partial charge >= 0.3 is 0 Å². The third-order valence-corrected chi connectivity index (χ3v) is 3.58. The molecular weight excluding hydrogens is 230 g/mol. The smallest absolute Gasteiger partial charge is 0.133 e. The number of nitrogen functional groups attached to an aromatic ring is 1. The van der Waals surface area contributed by atoms with E-state index < -0.39 is 0 Å². The second kappa shape index (κ2) is 4.45. The highest BCUT2D eigenvalue weighted by atomic mass is 32.1. The van der Waals surface area contributed by atoms with Crippen LogP contribution in [0.15, 0.2) is 11.4 Å². The van der Waals surface area contributed by atoms with Gasteiger partial charge in [0.05, 0.1) is 5.69 Å². The van der Waals surface area contributed by atoms with Crippen molar-refractivity contribution in [1.82, 2.24) is 9.97 Å². The number of aromatic nitrogens is 2. The van der Waals surface area contributed by atoms with Gasteiger partial charge in [0.25, 0.3) is 0 Å². The first-order chi connectivity index (χ1) is 7.99.